The molecule has 2 aromatic carbocycles. The molecule has 0 aromatic heterocycles. The van der Waals surface area contributed by atoms with Crippen LogP contribution in [-0.2, 0) is 24.8 Å². The molecule has 0 atom stereocenters. The minimum absolute atomic E-state index is 0.0339. The first kappa shape index (κ1) is 20.9. The van der Waals surface area contributed by atoms with E-state index in [2.05, 4.69) is 4.72 Å². The summed E-state index contributed by atoms with van der Waals surface area (Å²) < 4.78 is 65.2. The second-order valence-electron chi connectivity index (χ2n) is 5.94. The van der Waals surface area contributed by atoms with E-state index in [-0.39, 0.29) is 39.3 Å². The minimum Gasteiger partial charge on any atom is -0.495 e. The van der Waals surface area contributed by atoms with Gasteiger partial charge in [0.05, 0.1) is 30.9 Å². The van der Waals surface area contributed by atoms with E-state index in [1.807, 2.05) is 0 Å². The second-order valence-corrected chi connectivity index (χ2v) is 9.97. The van der Waals surface area contributed by atoms with Crippen molar-refractivity contribution in [2.75, 3.05) is 38.1 Å². The van der Waals surface area contributed by atoms with E-state index < -0.39 is 20.0 Å². The Morgan fingerprint density at radius 2 is 1.79 bits per heavy atom. The van der Waals surface area contributed by atoms with Gasteiger partial charge in [-0.1, -0.05) is 17.7 Å². The summed E-state index contributed by atoms with van der Waals surface area (Å²) in [6.07, 6.45) is 0. The van der Waals surface area contributed by atoms with Gasteiger partial charge in [0.1, 0.15) is 10.6 Å². The molecular weight excluding hydrogens is 428 g/mol. The molecule has 152 valence electrons. The molecule has 1 aliphatic heterocycles. The van der Waals surface area contributed by atoms with Crippen LogP contribution in [0.3, 0.4) is 0 Å². The van der Waals surface area contributed by atoms with Crippen LogP contribution in [0, 0.1) is 0 Å². The maximum atomic E-state index is 13.0. The van der Waals surface area contributed by atoms with Crippen LogP contribution in [0.4, 0.5) is 5.69 Å². The summed E-state index contributed by atoms with van der Waals surface area (Å²) in [4.78, 5) is -0.156. The fourth-order valence-corrected chi connectivity index (χ4v) is 5.66. The van der Waals surface area contributed by atoms with E-state index in [4.69, 9.17) is 21.1 Å². The number of nitrogens with one attached hydrogen (secondary N) is 1. The zero-order chi connectivity index (χ0) is 20.4. The molecule has 1 fully saturated rings. The second kappa shape index (κ2) is 8.26. The lowest BCUT2D eigenvalue weighted by atomic mass is 10.3. The summed E-state index contributed by atoms with van der Waals surface area (Å²) in [5, 5.41) is 0.271. The van der Waals surface area contributed by atoms with E-state index in [1.54, 1.807) is 6.07 Å². The van der Waals surface area contributed by atoms with Gasteiger partial charge in [-0.3, -0.25) is 4.72 Å². The molecule has 11 heteroatoms. The molecule has 0 aliphatic carbocycles. The van der Waals surface area contributed by atoms with Crippen molar-refractivity contribution < 1.29 is 26.3 Å². The van der Waals surface area contributed by atoms with Crippen molar-refractivity contribution in [2.24, 2.45) is 0 Å². The fraction of sp³-hybridized carbons (Fsp3) is 0.294. The summed E-state index contributed by atoms with van der Waals surface area (Å²) in [6, 6.07) is 9.84. The van der Waals surface area contributed by atoms with Crippen molar-refractivity contribution in [1.82, 2.24) is 4.31 Å². The SMILES string of the molecule is COc1ccc(NS(=O)(=O)c2cccc(Cl)c2)cc1S(=O)(=O)N1CCOCC1. The molecule has 1 saturated heterocycles. The summed E-state index contributed by atoms with van der Waals surface area (Å²) in [5.41, 5.74) is 0.0904. The van der Waals surface area contributed by atoms with Gasteiger partial charge in [0, 0.05) is 18.1 Å². The lowest BCUT2D eigenvalue weighted by Crippen LogP contribution is -2.40. The molecule has 0 spiro atoms. The molecule has 1 N–H and O–H groups in total. The first-order chi connectivity index (χ1) is 13.2. The standard InChI is InChI=1S/C17H19ClN2O6S2/c1-25-16-6-5-14(19-27(21,22)15-4-2-3-13(18)11-15)12-17(16)28(23,24)20-7-9-26-10-8-20/h2-6,11-12,19H,7-10H2,1H3. The van der Waals surface area contributed by atoms with E-state index in [9.17, 15) is 16.8 Å². The smallest absolute Gasteiger partial charge is 0.261 e. The Balaban J connectivity index is 1.97. The van der Waals surface area contributed by atoms with Crippen molar-refractivity contribution in [3.05, 3.63) is 47.5 Å². The Bertz CT molecular complexity index is 1070. The molecule has 3 rings (SSSR count). The van der Waals surface area contributed by atoms with Crippen LogP contribution in [-0.4, -0.2) is 54.6 Å². The average Bonchev–Trinajstić information content (AvgIpc) is 2.68. The maximum Gasteiger partial charge on any atom is 0.261 e. The van der Waals surface area contributed by atoms with E-state index >= 15 is 0 Å². The number of ether oxygens (including phenoxy) is 2. The van der Waals surface area contributed by atoms with Crippen LogP contribution in [0.5, 0.6) is 5.75 Å². The van der Waals surface area contributed by atoms with Crippen molar-refractivity contribution in [3.8, 4) is 5.75 Å². The summed E-state index contributed by atoms with van der Waals surface area (Å²) >= 11 is 5.86. The number of rotatable bonds is 6. The molecule has 1 aliphatic rings. The zero-order valence-corrected chi connectivity index (χ0v) is 17.3. The van der Waals surface area contributed by atoms with Gasteiger partial charge in [0.25, 0.3) is 10.0 Å². The number of morpholine rings is 1. The van der Waals surface area contributed by atoms with Gasteiger partial charge in [0.2, 0.25) is 10.0 Å². The van der Waals surface area contributed by atoms with E-state index in [0.717, 1.165) is 0 Å². The molecule has 8 nitrogen and oxygen atoms in total. The number of benzene rings is 2. The van der Waals surface area contributed by atoms with E-state index in [0.29, 0.717) is 13.2 Å². The van der Waals surface area contributed by atoms with Crippen molar-refractivity contribution in [1.29, 1.82) is 0 Å². The monoisotopic (exact) mass is 446 g/mol. The number of anilines is 1. The molecule has 0 radical (unpaired) electrons. The highest BCUT2D eigenvalue weighted by atomic mass is 35.5. The van der Waals surface area contributed by atoms with Gasteiger partial charge in [-0.2, -0.15) is 4.31 Å². The number of hydrogen-bond acceptors (Lipinski definition) is 6. The van der Waals surface area contributed by atoms with Crippen molar-refractivity contribution >= 4 is 37.3 Å². The highest BCUT2D eigenvalue weighted by Crippen LogP contribution is 2.31. The highest BCUT2D eigenvalue weighted by Gasteiger charge is 2.30. The lowest BCUT2D eigenvalue weighted by Gasteiger charge is -2.26. The number of nitrogens with zero attached hydrogens (tertiary/aromatic N) is 1. The molecule has 0 bridgehead atoms. The largest absolute Gasteiger partial charge is 0.495 e. The summed E-state index contributed by atoms with van der Waals surface area (Å²) in [6.45, 7) is 1.01. The first-order valence-corrected chi connectivity index (χ1v) is 11.6. The van der Waals surface area contributed by atoms with Gasteiger partial charge in [0.15, 0.2) is 0 Å². The molecule has 0 unspecified atom stereocenters. The van der Waals surface area contributed by atoms with Gasteiger partial charge >= 0.3 is 0 Å². The number of halogens is 1. The van der Waals surface area contributed by atoms with E-state index in [1.165, 1.54) is 47.8 Å². The topological polar surface area (TPSA) is 102 Å². The Morgan fingerprint density at radius 1 is 1.07 bits per heavy atom. The Hall–Kier alpha value is -1.85. The lowest BCUT2D eigenvalue weighted by molar-refractivity contribution is 0.0729. The third kappa shape index (κ3) is 4.41. The van der Waals surface area contributed by atoms with Crippen LogP contribution < -0.4 is 9.46 Å². The quantitative estimate of drug-likeness (QED) is 0.729. The molecule has 0 saturated carbocycles. The van der Waals surface area contributed by atoms with Gasteiger partial charge in [-0.15, -0.1) is 0 Å². The number of methoxy groups -OCH3 is 1. The Labute approximate surface area is 169 Å². The van der Waals surface area contributed by atoms with Crippen molar-refractivity contribution in [3.63, 3.8) is 0 Å². The van der Waals surface area contributed by atoms with Crippen LogP contribution in [0.15, 0.2) is 52.3 Å². The number of hydrogen-bond donors (Lipinski definition) is 1. The third-order valence-electron chi connectivity index (χ3n) is 4.11. The Morgan fingerprint density at radius 3 is 2.43 bits per heavy atom. The first-order valence-electron chi connectivity index (χ1n) is 8.28. The predicted molar refractivity (Wildman–Crippen MR) is 105 cm³/mol. The van der Waals surface area contributed by atoms with Crippen LogP contribution in [0.25, 0.3) is 0 Å². The molecule has 0 amide bonds. The molecule has 2 aromatic rings. The van der Waals surface area contributed by atoms with Gasteiger partial charge in [-0.05, 0) is 36.4 Å². The van der Waals surface area contributed by atoms with Crippen LogP contribution >= 0.6 is 11.6 Å². The normalized spacial score (nSPS) is 15.9. The maximum absolute atomic E-state index is 13.0. The summed E-state index contributed by atoms with van der Waals surface area (Å²) in [7, 11) is -6.48. The van der Waals surface area contributed by atoms with Crippen LogP contribution in [0.2, 0.25) is 5.02 Å². The molecular formula is C17H19ClN2O6S2. The average molecular weight is 447 g/mol. The minimum atomic E-state index is -3.95. The van der Waals surface area contributed by atoms with Crippen LogP contribution in [0.1, 0.15) is 0 Å². The predicted octanol–water partition coefficient (Wildman–Crippen LogP) is 2.17. The highest BCUT2D eigenvalue weighted by molar-refractivity contribution is 7.92. The van der Waals surface area contributed by atoms with Gasteiger partial charge in [-0.25, -0.2) is 16.8 Å². The zero-order valence-electron chi connectivity index (χ0n) is 15.0. The molecule has 1 heterocycles. The fourth-order valence-electron chi connectivity index (χ4n) is 2.72. The number of sulfonamides is 2. The summed E-state index contributed by atoms with van der Waals surface area (Å²) in [5.74, 6) is 0.122. The van der Waals surface area contributed by atoms with Crippen molar-refractivity contribution in [2.45, 2.75) is 9.79 Å². The third-order valence-corrected chi connectivity index (χ3v) is 7.64. The Kier molecular flexibility index (Phi) is 6.15. The van der Waals surface area contributed by atoms with Gasteiger partial charge < -0.3 is 9.47 Å². The molecule has 28 heavy (non-hydrogen) atoms.